The van der Waals surface area contributed by atoms with Gasteiger partial charge in [-0.2, -0.15) is 0 Å². The van der Waals surface area contributed by atoms with Gasteiger partial charge in [0.1, 0.15) is 23.1 Å². The Morgan fingerprint density at radius 2 is 1.29 bits per heavy atom. The summed E-state index contributed by atoms with van der Waals surface area (Å²) in [6, 6.07) is 5.84. The zero-order chi connectivity index (χ0) is 41.5. The van der Waals surface area contributed by atoms with Gasteiger partial charge in [-0.3, -0.25) is 29.3 Å². The number of carbonyl (C=O) groups excluding carboxylic acids is 5. The number of imide groups is 1. The lowest BCUT2D eigenvalue weighted by atomic mass is 9.93. The minimum Gasteiger partial charge on any atom is -0.381 e. The molecular formula is C41H55ClN8O8. The van der Waals surface area contributed by atoms with Crippen molar-refractivity contribution < 1.29 is 38.2 Å². The first-order chi connectivity index (χ1) is 27.9. The van der Waals surface area contributed by atoms with Gasteiger partial charge in [-0.05, 0) is 95.1 Å². The first-order valence-corrected chi connectivity index (χ1v) is 20.4. The molecule has 2 aromatic heterocycles. The van der Waals surface area contributed by atoms with Crippen molar-refractivity contribution in [2.75, 3.05) is 52.4 Å². The topological polar surface area (TPSA) is 185 Å². The zero-order valence-corrected chi connectivity index (χ0v) is 34.5. The highest BCUT2D eigenvalue weighted by Crippen LogP contribution is 2.31. The second kappa shape index (κ2) is 19.5. The average Bonchev–Trinajstić information content (AvgIpc) is 3.73. The summed E-state index contributed by atoms with van der Waals surface area (Å²) in [6.45, 7) is 10.5. The van der Waals surface area contributed by atoms with Crippen LogP contribution in [0.3, 0.4) is 0 Å². The molecule has 0 aliphatic carbocycles. The number of ether oxygens (including phenoxy) is 3. The number of nitrogens with zero attached hydrogens (tertiary/aromatic N) is 5. The Morgan fingerprint density at radius 3 is 1.86 bits per heavy atom. The van der Waals surface area contributed by atoms with Crippen LogP contribution in [0.5, 0.6) is 0 Å². The second-order valence-corrected chi connectivity index (χ2v) is 15.9. The molecule has 58 heavy (non-hydrogen) atoms. The third-order valence-corrected chi connectivity index (χ3v) is 12.2. The van der Waals surface area contributed by atoms with Crippen molar-refractivity contribution >= 4 is 47.0 Å². The lowest BCUT2D eigenvalue weighted by Crippen LogP contribution is -2.52. The minimum absolute atomic E-state index is 0.160. The molecule has 0 saturated carbocycles. The van der Waals surface area contributed by atoms with Gasteiger partial charge in [0, 0.05) is 52.5 Å². The quantitative estimate of drug-likeness (QED) is 0.201. The van der Waals surface area contributed by atoms with Crippen molar-refractivity contribution in [3.05, 3.63) is 64.2 Å². The van der Waals surface area contributed by atoms with E-state index in [-0.39, 0.29) is 36.3 Å². The predicted octanol–water partition coefficient (Wildman–Crippen LogP) is 3.18. The fraction of sp³-hybridized carbons (Fsp3) is 0.585. The third-order valence-electron chi connectivity index (χ3n) is 11.9. The van der Waals surface area contributed by atoms with E-state index in [0.717, 1.165) is 37.7 Å². The molecule has 6 aliphatic rings. The molecule has 2 aromatic rings. The SMILES string of the molecule is C=C1CCC(N2Cc3nc(Cl)ccc3C2=O)C(=O)N1.COC(C)C1CCNCC1.COC(OC)C1CCN(c2ccc3c(n2)CN(C2CCC(=O)NC2=O)C3=O)CC1. The smallest absolute Gasteiger partial charge is 0.256 e. The van der Waals surface area contributed by atoms with Crippen LogP contribution < -0.4 is 20.9 Å². The summed E-state index contributed by atoms with van der Waals surface area (Å²) in [5, 5.41) is 8.70. The normalized spacial score (nSPS) is 23.1. The van der Waals surface area contributed by atoms with Gasteiger partial charge in [-0.25, -0.2) is 9.97 Å². The highest BCUT2D eigenvalue weighted by atomic mass is 35.5. The second-order valence-electron chi connectivity index (χ2n) is 15.5. The molecule has 314 valence electrons. The Morgan fingerprint density at radius 1 is 0.724 bits per heavy atom. The molecule has 0 radical (unpaired) electrons. The van der Waals surface area contributed by atoms with Crippen LogP contribution in [0.2, 0.25) is 5.15 Å². The van der Waals surface area contributed by atoms with Gasteiger partial charge in [0.15, 0.2) is 6.29 Å². The number of amides is 5. The van der Waals surface area contributed by atoms with Gasteiger partial charge in [0.05, 0.1) is 41.7 Å². The number of rotatable bonds is 8. The molecule has 8 rings (SSSR count). The van der Waals surface area contributed by atoms with Crippen LogP contribution in [-0.2, 0) is 41.7 Å². The van der Waals surface area contributed by atoms with Crippen LogP contribution in [0.15, 0.2) is 36.5 Å². The maximum absolute atomic E-state index is 12.8. The zero-order valence-electron chi connectivity index (χ0n) is 33.8. The number of aromatic nitrogens is 2. The van der Waals surface area contributed by atoms with Crippen molar-refractivity contribution in [2.45, 2.75) is 95.9 Å². The Hall–Kier alpha value is -4.48. The minimum atomic E-state index is -0.617. The van der Waals surface area contributed by atoms with Crippen LogP contribution in [0, 0.1) is 11.8 Å². The van der Waals surface area contributed by atoms with E-state index in [9.17, 15) is 24.0 Å². The van der Waals surface area contributed by atoms with E-state index in [1.165, 1.54) is 30.8 Å². The molecule has 3 atom stereocenters. The maximum atomic E-state index is 12.8. The third kappa shape index (κ3) is 9.85. The number of hydrogen-bond donors (Lipinski definition) is 3. The number of methoxy groups -OCH3 is 3. The fourth-order valence-corrected chi connectivity index (χ4v) is 8.64. The summed E-state index contributed by atoms with van der Waals surface area (Å²) in [6.07, 6.45) is 6.55. The Balaban J connectivity index is 0.000000167. The van der Waals surface area contributed by atoms with Gasteiger partial charge < -0.3 is 39.5 Å². The Bertz CT molecular complexity index is 1860. The number of carbonyl (C=O) groups is 5. The molecule has 0 bridgehead atoms. The highest BCUT2D eigenvalue weighted by molar-refractivity contribution is 6.29. The summed E-state index contributed by atoms with van der Waals surface area (Å²) in [5.41, 5.74) is 3.08. The average molecular weight is 823 g/mol. The number of pyridine rings is 2. The monoisotopic (exact) mass is 822 g/mol. The summed E-state index contributed by atoms with van der Waals surface area (Å²) >= 11 is 5.82. The van der Waals surface area contributed by atoms with Gasteiger partial charge in [0.25, 0.3) is 11.8 Å². The van der Waals surface area contributed by atoms with E-state index in [4.69, 9.17) is 30.8 Å². The summed E-state index contributed by atoms with van der Waals surface area (Å²) in [7, 11) is 5.12. The largest absolute Gasteiger partial charge is 0.381 e. The molecule has 0 aromatic carbocycles. The fourth-order valence-electron chi connectivity index (χ4n) is 8.48. The van der Waals surface area contributed by atoms with E-state index >= 15 is 0 Å². The molecule has 0 spiro atoms. The van der Waals surface area contributed by atoms with E-state index < -0.39 is 18.0 Å². The molecule has 4 fully saturated rings. The highest BCUT2D eigenvalue weighted by Gasteiger charge is 2.41. The van der Waals surface area contributed by atoms with Crippen molar-refractivity contribution in [1.29, 1.82) is 0 Å². The van der Waals surface area contributed by atoms with Crippen LogP contribution in [0.1, 0.15) is 90.4 Å². The molecular weight excluding hydrogens is 768 g/mol. The standard InChI is InChI=1S/C20H26N4O5.C13H12ClN3O2.C8H17NO/c1-28-20(29-2)12-7-9-23(10-8-12)16-5-3-13-14(21-16)11-24(19(13)27)15-4-6-17(25)22-18(15)26;1-7-2-4-10(12(18)15-7)17-6-9-8(13(17)19)3-5-11(14)16-9;1-7(10-2)8-3-5-9-6-4-8/h3,5,12,15,20H,4,6-11H2,1-2H3,(H,22,25,26);3,5,10H,1-2,4,6H2,(H,15,18);7-9H,3-6H2,1-2H3. The summed E-state index contributed by atoms with van der Waals surface area (Å²) in [5.74, 6) is 0.739. The first-order valence-electron chi connectivity index (χ1n) is 20.1. The van der Waals surface area contributed by atoms with Crippen molar-refractivity contribution in [1.82, 2.24) is 35.7 Å². The molecule has 3 N–H and O–H groups in total. The first kappa shape index (κ1) is 43.1. The van der Waals surface area contributed by atoms with Crippen molar-refractivity contribution in [3.8, 4) is 0 Å². The van der Waals surface area contributed by atoms with Gasteiger partial charge in [-0.1, -0.05) is 18.2 Å². The van der Waals surface area contributed by atoms with Gasteiger partial charge >= 0.3 is 0 Å². The molecule has 6 aliphatic heterocycles. The molecule has 17 heteroatoms. The maximum Gasteiger partial charge on any atom is 0.256 e. The number of halogens is 1. The number of nitrogens with one attached hydrogen (secondary N) is 3. The number of allylic oxidation sites excluding steroid dienone is 1. The lowest BCUT2D eigenvalue weighted by Gasteiger charge is -2.35. The number of piperidine rings is 4. The van der Waals surface area contributed by atoms with Crippen molar-refractivity contribution in [2.24, 2.45) is 11.8 Å². The van der Waals surface area contributed by atoms with Crippen LogP contribution in [0.4, 0.5) is 5.82 Å². The van der Waals surface area contributed by atoms with Crippen LogP contribution in [-0.4, -0.2) is 121 Å². The molecule has 16 nitrogen and oxygen atoms in total. The van der Waals surface area contributed by atoms with E-state index in [2.05, 4.69) is 39.3 Å². The number of fused-ring (bicyclic) bond motifs is 2. The Kier molecular flexibility index (Phi) is 14.5. The number of hydrogen-bond acceptors (Lipinski definition) is 12. The Labute approximate surface area is 344 Å². The van der Waals surface area contributed by atoms with E-state index in [0.29, 0.717) is 77.7 Å². The van der Waals surface area contributed by atoms with E-state index in [1.54, 1.807) is 44.4 Å². The van der Waals surface area contributed by atoms with Crippen LogP contribution in [0.25, 0.3) is 0 Å². The number of anilines is 1. The molecule has 3 unspecified atom stereocenters. The van der Waals surface area contributed by atoms with Gasteiger partial charge in [0.2, 0.25) is 17.7 Å². The van der Waals surface area contributed by atoms with Crippen molar-refractivity contribution in [3.63, 3.8) is 0 Å². The molecule has 8 heterocycles. The summed E-state index contributed by atoms with van der Waals surface area (Å²) in [4.78, 5) is 74.7. The van der Waals surface area contributed by atoms with Crippen LogP contribution >= 0.6 is 11.6 Å². The van der Waals surface area contributed by atoms with E-state index in [1.807, 2.05) is 6.07 Å². The predicted molar refractivity (Wildman–Crippen MR) is 215 cm³/mol. The molecule has 4 saturated heterocycles. The summed E-state index contributed by atoms with van der Waals surface area (Å²) < 4.78 is 16.0. The lowest BCUT2D eigenvalue weighted by molar-refractivity contribution is -0.141. The van der Waals surface area contributed by atoms with Gasteiger partial charge in [-0.15, -0.1) is 0 Å². The molecule has 5 amide bonds.